The molecule has 0 bridgehead atoms. The zero-order valence-corrected chi connectivity index (χ0v) is 16.1. The van der Waals surface area contributed by atoms with Crippen molar-refractivity contribution in [2.45, 2.75) is 13.8 Å². The number of hydrogen-bond acceptors (Lipinski definition) is 5. The Bertz CT molecular complexity index is 846. The van der Waals surface area contributed by atoms with Crippen LogP contribution in [0, 0.1) is 17.0 Å². The molecule has 28 heavy (non-hydrogen) atoms. The Balaban J connectivity index is 1.55. The van der Waals surface area contributed by atoms with E-state index >= 15 is 0 Å². The van der Waals surface area contributed by atoms with Gasteiger partial charge in [-0.3, -0.25) is 10.1 Å². The van der Waals surface area contributed by atoms with Crippen LogP contribution in [0.2, 0.25) is 0 Å². The summed E-state index contributed by atoms with van der Waals surface area (Å²) in [5, 5.41) is 13.7. The highest BCUT2D eigenvalue weighted by Crippen LogP contribution is 2.23. The minimum atomic E-state index is -0.408. The van der Waals surface area contributed by atoms with E-state index in [-0.39, 0.29) is 11.7 Å². The van der Waals surface area contributed by atoms with Crippen LogP contribution in [0.3, 0.4) is 0 Å². The van der Waals surface area contributed by atoms with Gasteiger partial charge in [0.2, 0.25) is 0 Å². The molecule has 8 heteroatoms. The van der Waals surface area contributed by atoms with Crippen molar-refractivity contribution in [2.24, 2.45) is 0 Å². The number of urea groups is 1. The van der Waals surface area contributed by atoms with E-state index in [1.807, 2.05) is 32.0 Å². The number of nitrogens with zero attached hydrogens (tertiary/aromatic N) is 3. The van der Waals surface area contributed by atoms with Gasteiger partial charge in [-0.15, -0.1) is 0 Å². The van der Waals surface area contributed by atoms with Gasteiger partial charge in [0.05, 0.1) is 11.5 Å². The van der Waals surface area contributed by atoms with Crippen LogP contribution in [0.25, 0.3) is 0 Å². The first-order valence-electron chi connectivity index (χ1n) is 9.26. The van der Waals surface area contributed by atoms with Crippen molar-refractivity contribution in [3.8, 4) is 5.75 Å². The number of nitro benzene ring substituents is 1. The van der Waals surface area contributed by atoms with Crippen LogP contribution < -0.4 is 15.0 Å². The third kappa shape index (κ3) is 4.51. The quantitative estimate of drug-likeness (QED) is 0.628. The first-order chi connectivity index (χ1) is 13.5. The Morgan fingerprint density at radius 3 is 2.39 bits per heavy atom. The van der Waals surface area contributed by atoms with E-state index in [1.165, 1.54) is 12.1 Å². The lowest BCUT2D eigenvalue weighted by molar-refractivity contribution is -0.384. The number of piperazine rings is 1. The summed E-state index contributed by atoms with van der Waals surface area (Å²) in [6, 6.07) is 12.0. The zero-order chi connectivity index (χ0) is 20.1. The number of ether oxygens (including phenoxy) is 1. The minimum Gasteiger partial charge on any atom is -0.494 e. The van der Waals surface area contributed by atoms with Crippen LogP contribution in [0.5, 0.6) is 5.75 Å². The van der Waals surface area contributed by atoms with Crippen LogP contribution in [-0.4, -0.2) is 48.6 Å². The summed E-state index contributed by atoms with van der Waals surface area (Å²) in [5.41, 5.74) is 2.72. The number of rotatable bonds is 5. The van der Waals surface area contributed by atoms with E-state index in [0.717, 1.165) is 22.7 Å². The summed E-state index contributed by atoms with van der Waals surface area (Å²) in [4.78, 5) is 26.8. The number of nitrogens with one attached hydrogen (secondary N) is 1. The minimum absolute atomic E-state index is 0.0764. The first kappa shape index (κ1) is 19.5. The smallest absolute Gasteiger partial charge is 0.321 e. The summed E-state index contributed by atoms with van der Waals surface area (Å²) in [7, 11) is 0. The molecule has 8 nitrogen and oxygen atoms in total. The van der Waals surface area contributed by atoms with Gasteiger partial charge < -0.3 is 19.9 Å². The number of carbonyl (C=O) groups excluding carboxylic acids is 1. The lowest BCUT2D eigenvalue weighted by Gasteiger charge is -2.36. The maximum atomic E-state index is 12.6. The number of hydrogen-bond donors (Lipinski definition) is 1. The predicted molar refractivity (Wildman–Crippen MR) is 108 cm³/mol. The lowest BCUT2D eigenvalue weighted by Crippen LogP contribution is -2.50. The fourth-order valence-electron chi connectivity index (χ4n) is 3.18. The molecule has 0 spiro atoms. The maximum absolute atomic E-state index is 12.6. The second-order valence-corrected chi connectivity index (χ2v) is 6.59. The van der Waals surface area contributed by atoms with E-state index in [0.29, 0.717) is 32.8 Å². The van der Waals surface area contributed by atoms with Crippen molar-refractivity contribution >= 4 is 23.1 Å². The maximum Gasteiger partial charge on any atom is 0.321 e. The molecule has 1 aliphatic rings. The molecule has 1 aliphatic heterocycles. The van der Waals surface area contributed by atoms with Gasteiger partial charge in [0.1, 0.15) is 5.75 Å². The van der Waals surface area contributed by atoms with Crippen molar-refractivity contribution < 1.29 is 14.5 Å². The number of aryl methyl sites for hydroxylation is 1. The summed E-state index contributed by atoms with van der Waals surface area (Å²) in [6.45, 7) is 6.98. The van der Waals surface area contributed by atoms with Gasteiger partial charge in [-0.05, 0) is 49.7 Å². The highest BCUT2D eigenvalue weighted by atomic mass is 16.6. The van der Waals surface area contributed by atoms with Crippen molar-refractivity contribution in [3.63, 3.8) is 0 Å². The highest BCUT2D eigenvalue weighted by Gasteiger charge is 2.22. The van der Waals surface area contributed by atoms with Crippen molar-refractivity contribution in [2.75, 3.05) is 43.0 Å². The third-order valence-electron chi connectivity index (χ3n) is 4.74. The summed E-state index contributed by atoms with van der Waals surface area (Å²) < 4.78 is 5.47. The van der Waals surface area contributed by atoms with Crippen LogP contribution in [-0.2, 0) is 0 Å². The second kappa shape index (κ2) is 8.60. The zero-order valence-electron chi connectivity index (χ0n) is 16.1. The Kier molecular flexibility index (Phi) is 5.98. The normalized spacial score (nSPS) is 13.9. The van der Waals surface area contributed by atoms with Crippen LogP contribution >= 0.6 is 0 Å². The molecule has 2 aromatic rings. The highest BCUT2D eigenvalue weighted by molar-refractivity contribution is 5.90. The van der Waals surface area contributed by atoms with Crippen molar-refractivity contribution in [1.82, 2.24) is 4.90 Å². The number of nitro groups is 1. The summed E-state index contributed by atoms with van der Waals surface area (Å²) >= 11 is 0. The third-order valence-corrected chi connectivity index (χ3v) is 4.74. The van der Waals surface area contributed by atoms with Gasteiger partial charge in [0.15, 0.2) is 0 Å². The van der Waals surface area contributed by atoms with Gasteiger partial charge in [0, 0.05) is 49.7 Å². The molecule has 2 aromatic carbocycles. The van der Waals surface area contributed by atoms with E-state index < -0.39 is 4.92 Å². The summed E-state index contributed by atoms with van der Waals surface area (Å²) in [6.07, 6.45) is 0. The van der Waals surface area contributed by atoms with E-state index in [1.54, 1.807) is 17.0 Å². The molecule has 1 saturated heterocycles. The standard InChI is InChI=1S/C20H24N4O4/c1-3-28-18-8-9-19(15(2)14-18)21-20(25)23-12-10-22(11-13-23)16-4-6-17(7-5-16)24(26)27/h4-9,14H,3,10-13H2,1-2H3,(H,21,25). The molecular weight excluding hydrogens is 360 g/mol. The van der Waals surface area contributed by atoms with Gasteiger partial charge in [-0.25, -0.2) is 4.79 Å². The molecule has 0 atom stereocenters. The SMILES string of the molecule is CCOc1ccc(NC(=O)N2CCN(c3ccc([N+](=O)[O-])cc3)CC2)c(C)c1. The van der Waals surface area contributed by atoms with Crippen LogP contribution in [0.4, 0.5) is 21.9 Å². The fourth-order valence-corrected chi connectivity index (χ4v) is 3.18. The predicted octanol–water partition coefficient (Wildman–Crippen LogP) is 3.66. The lowest BCUT2D eigenvalue weighted by atomic mass is 10.2. The van der Waals surface area contributed by atoms with E-state index in [4.69, 9.17) is 4.74 Å². The molecule has 1 N–H and O–H groups in total. The topological polar surface area (TPSA) is 88.0 Å². The summed E-state index contributed by atoms with van der Waals surface area (Å²) in [5.74, 6) is 0.787. The van der Waals surface area contributed by atoms with Gasteiger partial charge in [-0.1, -0.05) is 0 Å². The molecule has 1 heterocycles. The molecule has 0 aliphatic carbocycles. The molecule has 3 rings (SSSR count). The number of benzene rings is 2. The molecule has 2 amide bonds. The number of anilines is 2. The molecule has 0 radical (unpaired) electrons. The molecule has 1 fully saturated rings. The molecule has 0 aromatic heterocycles. The van der Waals surface area contributed by atoms with Gasteiger partial charge in [0.25, 0.3) is 5.69 Å². The Morgan fingerprint density at radius 2 is 1.82 bits per heavy atom. The Morgan fingerprint density at radius 1 is 1.14 bits per heavy atom. The molecule has 0 unspecified atom stereocenters. The number of non-ortho nitro benzene ring substituents is 1. The first-order valence-corrected chi connectivity index (χ1v) is 9.26. The van der Waals surface area contributed by atoms with E-state index in [9.17, 15) is 14.9 Å². The van der Waals surface area contributed by atoms with Crippen molar-refractivity contribution in [1.29, 1.82) is 0 Å². The van der Waals surface area contributed by atoms with Crippen LogP contribution in [0.1, 0.15) is 12.5 Å². The number of carbonyl (C=O) groups is 1. The average Bonchev–Trinajstić information content (AvgIpc) is 2.70. The average molecular weight is 384 g/mol. The Hall–Kier alpha value is -3.29. The fraction of sp³-hybridized carbons (Fsp3) is 0.350. The second-order valence-electron chi connectivity index (χ2n) is 6.59. The van der Waals surface area contributed by atoms with Gasteiger partial charge in [-0.2, -0.15) is 0 Å². The van der Waals surface area contributed by atoms with Gasteiger partial charge >= 0.3 is 6.03 Å². The molecule has 148 valence electrons. The largest absolute Gasteiger partial charge is 0.494 e. The number of amides is 2. The van der Waals surface area contributed by atoms with E-state index in [2.05, 4.69) is 10.2 Å². The van der Waals surface area contributed by atoms with Crippen molar-refractivity contribution in [3.05, 3.63) is 58.1 Å². The molecule has 0 saturated carbocycles. The molecular formula is C20H24N4O4. The monoisotopic (exact) mass is 384 g/mol. The van der Waals surface area contributed by atoms with Crippen LogP contribution in [0.15, 0.2) is 42.5 Å². The Labute approximate surface area is 163 Å².